The molecule has 1 aliphatic carbocycles. The first-order valence-electron chi connectivity index (χ1n) is 5.52. The minimum Gasteiger partial charge on any atom is -0.460 e. The van der Waals surface area contributed by atoms with Crippen molar-refractivity contribution in [3.05, 3.63) is 48.0 Å². The van der Waals surface area contributed by atoms with Crippen molar-refractivity contribution in [2.45, 2.75) is 26.4 Å². The van der Waals surface area contributed by atoms with Crippen LogP contribution >= 0.6 is 0 Å². The Balaban J connectivity index is 1.92. The maximum atomic E-state index is 11.9. The van der Waals surface area contributed by atoms with Gasteiger partial charge in [0.05, 0.1) is 5.41 Å². The number of benzene rings is 1. The molecule has 2 rings (SSSR count). The third-order valence-corrected chi connectivity index (χ3v) is 3.17. The molecule has 1 aromatic carbocycles. The SMILES string of the molecule is C=C(C)C1(C(=O)OCc2ccccc2)CC1. The van der Waals surface area contributed by atoms with Crippen LogP contribution in [0.25, 0.3) is 0 Å². The second-order valence-electron chi connectivity index (χ2n) is 4.42. The van der Waals surface area contributed by atoms with Gasteiger partial charge < -0.3 is 4.74 Å². The summed E-state index contributed by atoms with van der Waals surface area (Å²) < 4.78 is 5.32. The molecule has 84 valence electrons. The molecule has 0 spiro atoms. The standard InChI is InChI=1S/C14H16O2/c1-11(2)14(8-9-14)13(15)16-10-12-6-4-3-5-7-12/h3-7H,1,8-10H2,2H3. The molecule has 0 bridgehead atoms. The predicted molar refractivity (Wildman–Crippen MR) is 62.7 cm³/mol. The normalized spacial score (nSPS) is 16.6. The Morgan fingerprint density at radius 2 is 2.00 bits per heavy atom. The molecule has 0 heterocycles. The minimum absolute atomic E-state index is 0.121. The van der Waals surface area contributed by atoms with E-state index in [4.69, 9.17) is 4.74 Å². The van der Waals surface area contributed by atoms with Crippen molar-refractivity contribution < 1.29 is 9.53 Å². The molecule has 0 saturated heterocycles. The van der Waals surface area contributed by atoms with Crippen molar-refractivity contribution in [2.24, 2.45) is 5.41 Å². The number of esters is 1. The van der Waals surface area contributed by atoms with Crippen molar-refractivity contribution in [3.63, 3.8) is 0 Å². The van der Waals surface area contributed by atoms with E-state index in [1.165, 1.54) is 0 Å². The first-order chi connectivity index (χ1) is 7.65. The predicted octanol–water partition coefficient (Wildman–Crippen LogP) is 3.09. The van der Waals surface area contributed by atoms with Crippen molar-refractivity contribution in [1.82, 2.24) is 0 Å². The summed E-state index contributed by atoms with van der Waals surface area (Å²) in [6.45, 7) is 6.12. The summed E-state index contributed by atoms with van der Waals surface area (Å²) in [6, 6.07) is 9.73. The van der Waals surface area contributed by atoms with Crippen LogP contribution in [-0.2, 0) is 16.1 Å². The van der Waals surface area contributed by atoms with Crippen LogP contribution in [0.3, 0.4) is 0 Å². The zero-order valence-electron chi connectivity index (χ0n) is 9.53. The van der Waals surface area contributed by atoms with E-state index in [1.54, 1.807) is 0 Å². The van der Waals surface area contributed by atoms with Gasteiger partial charge in [-0.2, -0.15) is 0 Å². The van der Waals surface area contributed by atoms with Gasteiger partial charge in [0.2, 0.25) is 0 Å². The molecule has 0 amide bonds. The fraction of sp³-hybridized carbons (Fsp3) is 0.357. The molecule has 16 heavy (non-hydrogen) atoms. The summed E-state index contributed by atoms with van der Waals surface area (Å²) in [5.41, 5.74) is 1.58. The van der Waals surface area contributed by atoms with Crippen LogP contribution in [-0.4, -0.2) is 5.97 Å². The van der Waals surface area contributed by atoms with E-state index in [0.717, 1.165) is 24.0 Å². The van der Waals surface area contributed by atoms with E-state index in [-0.39, 0.29) is 11.4 Å². The van der Waals surface area contributed by atoms with E-state index in [2.05, 4.69) is 6.58 Å². The van der Waals surface area contributed by atoms with Gasteiger partial charge >= 0.3 is 5.97 Å². The molecule has 0 atom stereocenters. The highest BCUT2D eigenvalue weighted by Crippen LogP contribution is 2.52. The van der Waals surface area contributed by atoms with Gasteiger partial charge in [-0.1, -0.05) is 42.5 Å². The average Bonchev–Trinajstić information content (AvgIpc) is 3.08. The van der Waals surface area contributed by atoms with E-state index >= 15 is 0 Å². The van der Waals surface area contributed by atoms with Crippen molar-refractivity contribution >= 4 is 5.97 Å². The van der Waals surface area contributed by atoms with E-state index in [1.807, 2.05) is 37.3 Å². The molecule has 1 fully saturated rings. The van der Waals surface area contributed by atoms with E-state index in [0.29, 0.717) is 6.61 Å². The van der Waals surface area contributed by atoms with Gasteiger partial charge in [-0.3, -0.25) is 4.79 Å². The Morgan fingerprint density at radius 1 is 1.38 bits per heavy atom. The van der Waals surface area contributed by atoms with Crippen LogP contribution in [0.4, 0.5) is 0 Å². The quantitative estimate of drug-likeness (QED) is 0.571. The van der Waals surface area contributed by atoms with E-state index < -0.39 is 0 Å². The molecule has 2 heteroatoms. The van der Waals surface area contributed by atoms with Gasteiger partial charge in [-0.25, -0.2) is 0 Å². The van der Waals surface area contributed by atoms with Crippen molar-refractivity contribution in [2.75, 3.05) is 0 Å². The lowest BCUT2D eigenvalue weighted by atomic mass is 9.99. The number of ether oxygens (including phenoxy) is 1. The number of hydrogen-bond donors (Lipinski definition) is 0. The monoisotopic (exact) mass is 216 g/mol. The largest absolute Gasteiger partial charge is 0.460 e. The van der Waals surface area contributed by atoms with Crippen LogP contribution in [0.1, 0.15) is 25.3 Å². The Hall–Kier alpha value is -1.57. The summed E-state index contributed by atoms with van der Waals surface area (Å²) in [5, 5.41) is 0. The van der Waals surface area contributed by atoms with Crippen molar-refractivity contribution in [1.29, 1.82) is 0 Å². The molecule has 0 N–H and O–H groups in total. The zero-order chi connectivity index (χ0) is 11.6. The summed E-state index contributed by atoms with van der Waals surface area (Å²) in [5.74, 6) is -0.121. The lowest BCUT2D eigenvalue weighted by Crippen LogP contribution is -2.19. The molecule has 1 aromatic rings. The molecular formula is C14H16O2. The van der Waals surface area contributed by atoms with Gasteiger partial charge in [0, 0.05) is 0 Å². The fourth-order valence-electron chi connectivity index (χ4n) is 1.79. The van der Waals surface area contributed by atoms with Gasteiger partial charge in [0.1, 0.15) is 6.61 Å². The lowest BCUT2D eigenvalue weighted by Gasteiger charge is -2.14. The highest BCUT2D eigenvalue weighted by molar-refractivity contribution is 5.83. The fourth-order valence-corrected chi connectivity index (χ4v) is 1.79. The van der Waals surface area contributed by atoms with Gasteiger partial charge in [0.25, 0.3) is 0 Å². The minimum atomic E-state index is -0.366. The Labute approximate surface area is 95.9 Å². The molecule has 0 unspecified atom stereocenters. The first-order valence-corrected chi connectivity index (χ1v) is 5.52. The second-order valence-corrected chi connectivity index (χ2v) is 4.42. The maximum absolute atomic E-state index is 11.9. The van der Waals surface area contributed by atoms with Crippen LogP contribution in [0.15, 0.2) is 42.5 Å². The van der Waals surface area contributed by atoms with Crippen LogP contribution in [0, 0.1) is 5.41 Å². The number of rotatable bonds is 4. The highest BCUT2D eigenvalue weighted by Gasteiger charge is 2.51. The summed E-state index contributed by atoms with van der Waals surface area (Å²) in [6.07, 6.45) is 1.77. The molecule has 0 radical (unpaired) electrons. The third kappa shape index (κ3) is 2.01. The molecule has 2 nitrogen and oxygen atoms in total. The maximum Gasteiger partial charge on any atom is 0.316 e. The Kier molecular flexibility index (Phi) is 2.82. The Morgan fingerprint density at radius 3 is 2.50 bits per heavy atom. The van der Waals surface area contributed by atoms with Crippen LogP contribution in [0.5, 0.6) is 0 Å². The molecule has 0 aromatic heterocycles. The van der Waals surface area contributed by atoms with E-state index in [9.17, 15) is 4.79 Å². The summed E-state index contributed by atoms with van der Waals surface area (Å²) in [4.78, 5) is 11.9. The smallest absolute Gasteiger partial charge is 0.316 e. The van der Waals surface area contributed by atoms with Gasteiger partial charge in [-0.15, -0.1) is 0 Å². The number of carbonyl (C=O) groups is 1. The average molecular weight is 216 g/mol. The highest BCUT2D eigenvalue weighted by atomic mass is 16.5. The Bertz CT molecular complexity index is 402. The van der Waals surface area contributed by atoms with Gasteiger partial charge in [0.15, 0.2) is 0 Å². The van der Waals surface area contributed by atoms with Crippen molar-refractivity contribution in [3.8, 4) is 0 Å². The topological polar surface area (TPSA) is 26.3 Å². The third-order valence-electron chi connectivity index (χ3n) is 3.17. The summed E-state index contributed by atoms with van der Waals surface area (Å²) in [7, 11) is 0. The molecular weight excluding hydrogens is 200 g/mol. The second kappa shape index (κ2) is 4.12. The lowest BCUT2D eigenvalue weighted by molar-refractivity contribution is -0.150. The van der Waals surface area contributed by atoms with Crippen LogP contribution < -0.4 is 0 Å². The molecule has 0 aliphatic heterocycles. The number of hydrogen-bond acceptors (Lipinski definition) is 2. The first kappa shape index (κ1) is 10.9. The van der Waals surface area contributed by atoms with Crippen LogP contribution in [0.2, 0.25) is 0 Å². The molecule has 1 saturated carbocycles. The zero-order valence-corrected chi connectivity index (χ0v) is 9.53. The van der Waals surface area contributed by atoms with Gasteiger partial charge in [-0.05, 0) is 25.3 Å². The molecule has 1 aliphatic rings. The summed E-state index contributed by atoms with van der Waals surface area (Å²) >= 11 is 0. The number of carbonyl (C=O) groups excluding carboxylic acids is 1.